The van der Waals surface area contributed by atoms with Gasteiger partial charge in [0.2, 0.25) is 0 Å². The molecule has 0 N–H and O–H groups in total. The van der Waals surface area contributed by atoms with Crippen LogP contribution in [0.5, 0.6) is 0 Å². The first kappa shape index (κ1) is 12.0. The van der Waals surface area contributed by atoms with E-state index in [1.807, 2.05) is 12.1 Å². The van der Waals surface area contributed by atoms with Crippen molar-refractivity contribution in [3.63, 3.8) is 0 Å². The minimum Gasteiger partial charge on any atom is -0.113 e. The van der Waals surface area contributed by atoms with Crippen molar-refractivity contribution in [1.29, 1.82) is 0 Å². The molecule has 0 aliphatic heterocycles. The van der Waals surface area contributed by atoms with E-state index in [1.165, 1.54) is 18.1 Å². The molecule has 1 atom stereocenters. The Labute approximate surface area is 93.4 Å². The van der Waals surface area contributed by atoms with Crippen LogP contribution in [0.4, 0.5) is 0 Å². The van der Waals surface area contributed by atoms with E-state index >= 15 is 0 Å². The van der Waals surface area contributed by atoms with Gasteiger partial charge in [-0.1, -0.05) is 30.7 Å². The molecule has 78 valence electrons. The molecule has 0 heterocycles. The third kappa shape index (κ3) is 3.98. The molecule has 0 fully saturated rings. The fourth-order valence-electron chi connectivity index (χ4n) is 1.43. The lowest BCUT2D eigenvalue weighted by Gasteiger charge is -2.13. The smallest absolute Gasteiger partial charge is 0.0408 e. The molecule has 0 bridgehead atoms. The summed E-state index contributed by atoms with van der Waals surface area (Å²) in [5.41, 5.74) is 1.37. The Morgan fingerprint density at radius 1 is 1.36 bits per heavy atom. The van der Waals surface area contributed by atoms with Crippen molar-refractivity contribution in [1.82, 2.24) is 0 Å². The van der Waals surface area contributed by atoms with Gasteiger partial charge < -0.3 is 0 Å². The van der Waals surface area contributed by atoms with Gasteiger partial charge in [-0.3, -0.25) is 0 Å². The zero-order valence-corrected chi connectivity index (χ0v) is 10.8. The van der Waals surface area contributed by atoms with Crippen LogP contribution in [0, 0.1) is 0 Å². The predicted molar refractivity (Wildman–Crippen MR) is 68.1 cm³/mol. The van der Waals surface area contributed by atoms with Crippen molar-refractivity contribution in [3.8, 4) is 0 Å². The fraction of sp³-hybridized carbons (Fsp3) is 0.500. The van der Waals surface area contributed by atoms with Crippen molar-refractivity contribution >= 4 is 19.5 Å². The lowest BCUT2D eigenvalue weighted by atomic mass is 9.99. The van der Waals surface area contributed by atoms with Crippen LogP contribution in [0.25, 0.3) is 0 Å². The molecule has 0 radical (unpaired) electrons. The van der Waals surface area contributed by atoms with Crippen LogP contribution in [0.1, 0.15) is 24.8 Å². The van der Waals surface area contributed by atoms with Crippen molar-refractivity contribution in [3.05, 3.63) is 34.9 Å². The van der Waals surface area contributed by atoms with Gasteiger partial charge in [0.05, 0.1) is 0 Å². The highest BCUT2D eigenvalue weighted by atomic mass is 35.5. The van der Waals surface area contributed by atoms with E-state index < -0.39 is 0 Å². The lowest BCUT2D eigenvalue weighted by molar-refractivity contribution is 0.738. The molecule has 1 unspecified atom stereocenters. The summed E-state index contributed by atoms with van der Waals surface area (Å²) in [6.45, 7) is 6.95. The number of halogens is 1. The molecule has 2 heteroatoms. The van der Waals surface area contributed by atoms with Crippen molar-refractivity contribution in [2.24, 2.45) is 0 Å². The van der Waals surface area contributed by atoms with E-state index in [0.29, 0.717) is 5.92 Å². The Balaban J connectivity index is 2.56. The van der Waals surface area contributed by atoms with E-state index in [9.17, 15) is 0 Å². The minimum absolute atomic E-state index is 0.236. The maximum absolute atomic E-state index is 5.96. The largest absolute Gasteiger partial charge is 0.113 e. The van der Waals surface area contributed by atoms with Gasteiger partial charge in [-0.05, 0) is 49.5 Å². The Hall–Kier alpha value is -0.0600. The summed E-state index contributed by atoms with van der Waals surface area (Å²) >= 11 is 5.96. The van der Waals surface area contributed by atoms with Crippen molar-refractivity contribution in [2.45, 2.75) is 19.3 Å². The number of benzene rings is 1. The third-order valence-electron chi connectivity index (χ3n) is 2.43. The van der Waals surface area contributed by atoms with Crippen LogP contribution in [0.2, 0.25) is 5.02 Å². The first-order valence-electron chi connectivity index (χ1n) is 5.00. The summed E-state index contributed by atoms with van der Waals surface area (Å²) < 4.78 is 0. The molecule has 1 aromatic rings. The van der Waals surface area contributed by atoms with Crippen molar-refractivity contribution < 1.29 is 0 Å². The molecular formula is C12H18ClP. The lowest BCUT2D eigenvalue weighted by Crippen LogP contribution is -1.96. The highest BCUT2D eigenvalue weighted by Crippen LogP contribution is 2.30. The first-order valence-corrected chi connectivity index (χ1v) is 7.79. The van der Waals surface area contributed by atoms with Gasteiger partial charge in [-0.25, -0.2) is 0 Å². The maximum atomic E-state index is 5.96. The number of rotatable bonds is 4. The molecule has 0 aromatic heterocycles. The molecule has 1 aromatic carbocycles. The Morgan fingerprint density at radius 3 is 2.64 bits per heavy atom. The van der Waals surface area contributed by atoms with E-state index in [-0.39, 0.29) is 7.92 Å². The number of hydrogen-bond donors (Lipinski definition) is 0. The standard InChI is InChI=1S/C12H18ClP/c1-10(7-8-14(2)3)11-5-4-6-12(13)9-11/h4-6,9-10H,7-8H2,1-3H3. The van der Waals surface area contributed by atoms with Gasteiger partial charge in [0.25, 0.3) is 0 Å². The van der Waals surface area contributed by atoms with Crippen LogP contribution in [-0.2, 0) is 0 Å². The second-order valence-electron chi connectivity index (χ2n) is 4.05. The molecular weight excluding hydrogens is 211 g/mol. The van der Waals surface area contributed by atoms with Crippen molar-refractivity contribution in [2.75, 3.05) is 19.5 Å². The summed E-state index contributed by atoms with van der Waals surface area (Å²) in [7, 11) is 0.236. The van der Waals surface area contributed by atoms with Gasteiger partial charge in [-0.2, -0.15) is 0 Å². The zero-order chi connectivity index (χ0) is 10.6. The second-order valence-corrected chi connectivity index (χ2v) is 7.09. The summed E-state index contributed by atoms with van der Waals surface area (Å²) in [6.07, 6.45) is 2.63. The Morgan fingerprint density at radius 2 is 2.07 bits per heavy atom. The van der Waals surface area contributed by atoms with Crippen LogP contribution in [0.3, 0.4) is 0 Å². The average molecular weight is 229 g/mol. The van der Waals surface area contributed by atoms with E-state index in [1.54, 1.807) is 0 Å². The summed E-state index contributed by atoms with van der Waals surface area (Å²) in [5.74, 6) is 0.638. The quantitative estimate of drug-likeness (QED) is 0.662. The van der Waals surface area contributed by atoms with Gasteiger partial charge in [0.15, 0.2) is 0 Å². The monoisotopic (exact) mass is 228 g/mol. The molecule has 0 saturated carbocycles. The normalized spacial score (nSPS) is 13.2. The molecule has 0 nitrogen and oxygen atoms in total. The molecule has 14 heavy (non-hydrogen) atoms. The molecule has 0 spiro atoms. The van der Waals surface area contributed by atoms with Crippen LogP contribution in [0.15, 0.2) is 24.3 Å². The van der Waals surface area contributed by atoms with Crippen LogP contribution >= 0.6 is 19.5 Å². The molecule has 0 saturated heterocycles. The highest BCUT2D eigenvalue weighted by molar-refractivity contribution is 7.55. The molecule has 0 aliphatic carbocycles. The Kier molecular flexibility index (Phi) is 4.92. The zero-order valence-electron chi connectivity index (χ0n) is 9.13. The van der Waals surface area contributed by atoms with E-state index in [0.717, 1.165) is 5.02 Å². The summed E-state index contributed by atoms with van der Waals surface area (Å²) in [6, 6.07) is 8.23. The van der Waals surface area contributed by atoms with Gasteiger partial charge >= 0.3 is 0 Å². The third-order valence-corrected chi connectivity index (χ3v) is 3.81. The Bertz CT molecular complexity index is 283. The molecule has 0 aliphatic rings. The van der Waals surface area contributed by atoms with Crippen LogP contribution in [-0.4, -0.2) is 19.5 Å². The molecule has 1 rings (SSSR count). The van der Waals surface area contributed by atoms with Gasteiger partial charge in [-0.15, -0.1) is 7.92 Å². The fourth-order valence-corrected chi connectivity index (χ4v) is 2.53. The second kappa shape index (κ2) is 5.73. The van der Waals surface area contributed by atoms with E-state index in [4.69, 9.17) is 11.6 Å². The van der Waals surface area contributed by atoms with Gasteiger partial charge in [0, 0.05) is 5.02 Å². The minimum atomic E-state index is 0.236. The SMILES string of the molecule is CC(CCP(C)C)c1cccc(Cl)c1. The first-order chi connectivity index (χ1) is 6.59. The average Bonchev–Trinajstić information content (AvgIpc) is 2.14. The number of hydrogen-bond acceptors (Lipinski definition) is 0. The highest BCUT2D eigenvalue weighted by Gasteiger charge is 2.06. The summed E-state index contributed by atoms with van der Waals surface area (Å²) in [5, 5.41) is 0.851. The predicted octanol–water partition coefficient (Wildman–Crippen LogP) is 4.58. The molecule has 0 amide bonds. The topological polar surface area (TPSA) is 0 Å². The maximum Gasteiger partial charge on any atom is 0.0408 e. The summed E-state index contributed by atoms with van der Waals surface area (Å²) in [4.78, 5) is 0. The van der Waals surface area contributed by atoms with Gasteiger partial charge in [0.1, 0.15) is 0 Å². The van der Waals surface area contributed by atoms with E-state index in [2.05, 4.69) is 32.4 Å². The van der Waals surface area contributed by atoms with Crippen LogP contribution < -0.4 is 0 Å².